The van der Waals surface area contributed by atoms with Gasteiger partial charge in [0.25, 0.3) is 17.7 Å². The Bertz CT molecular complexity index is 1650. The first-order valence-corrected chi connectivity index (χ1v) is 13.3. The standard InChI is InChI=1S/C30H28N8O3/c1-30(22-10-11-22,21-8-6-18(7-9-21)19-14-33-29(32)34-15-19)28(31)36-25(39)20-16-35-37(17-20)12-13-38-26(40)23-4-2-3-5-24(23)27(38)41/h2-9,14-17,22H,10-13H2,1H3,(H2,31,36,39)(H2,32,33,34). The lowest BCUT2D eigenvalue weighted by molar-refractivity contribution is 0.0647. The number of imide groups is 1. The van der Waals surface area contributed by atoms with E-state index in [2.05, 4.69) is 20.1 Å². The van der Waals surface area contributed by atoms with Crippen LogP contribution < -0.4 is 11.5 Å². The molecule has 4 N–H and O–H groups in total. The summed E-state index contributed by atoms with van der Waals surface area (Å²) < 4.78 is 1.52. The number of hydrogen-bond acceptors (Lipinski definition) is 7. The van der Waals surface area contributed by atoms with Crippen LogP contribution in [0, 0.1) is 5.92 Å². The average Bonchev–Trinajstić information content (AvgIpc) is 3.69. The van der Waals surface area contributed by atoms with Gasteiger partial charge in [0.05, 0.1) is 34.8 Å². The fraction of sp³-hybridized carbons (Fsp3) is 0.233. The van der Waals surface area contributed by atoms with Gasteiger partial charge >= 0.3 is 0 Å². The van der Waals surface area contributed by atoms with E-state index in [0.717, 1.165) is 29.5 Å². The molecular weight excluding hydrogens is 520 g/mol. The fourth-order valence-corrected chi connectivity index (χ4v) is 5.28. The number of nitrogens with zero attached hydrogens (tertiary/aromatic N) is 6. The maximum absolute atomic E-state index is 13.1. The molecule has 0 radical (unpaired) electrons. The van der Waals surface area contributed by atoms with E-state index >= 15 is 0 Å². The van der Waals surface area contributed by atoms with Crippen molar-refractivity contribution in [3.63, 3.8) is 0 Å². The maximum Gasteiger partial charge on any atom is 0.281 e. The number of amides is 3. The van der Waals surface area contributed by atoms with Crippen LogP contribution in [-0.2, 0) is 12.0 Å². The van der Waals surface area contributed by atoms with Gasteiger partial charge in [-0.2, -0.15) is 10.1 Å². The second kappa shape index (κ2) is 10.1. The highest BCUT2D eigenvalue weighted by Gasteiger charge is 2.46. The van der Waals surface area contributed by atoms with Gasteiger partial charge in [-0.15, -0.1) is 0 Å². The van der Waals surface area contributed by atoms with Gasteiger partial charge in [0.2, 0.25) is 5.95 Å². The largest absolute Gasteiger partial charge is 0.386 e. The summed E-state index contributed by atoms with van der Waals surface area (Å²) in [6.07, 6.45) is 8.29. The molecule has 206 valence electrons. The van der Waals surface area contributed by atoms with Gasteiger partial charge in [-0.3, -0.25) is 24.0 Å². The number of hydrogen-bond donors (Lipinski definition) is 2. The Kier molecular flexibility index (Phi) is 6.41. The van der Waals surface area contributed by atoms with Gasteiger partial charge in [-0.25, -0.2) is 9.97 Å². The van der Waals surface area contributed by atoms with Crippen LogP contribution in [0.5, 0.6) is 0 Å². The number of nitrogens with two attached hydrogens (primary N) is 2. The van der Waals surface area contributed by atoms with E-state index in [9.17, 15) is 14.4 Å². The molecule has 0 bridgehead atoms. The smallest absolute Gasteiger partial charge is 0.281 e. The molecule has 0 saturated heterocycles. The summed E-state index contributed by atoms with van der Waals surface area (Å²) in [5, 5.41) is 4.23. The normalized spacial score (nSPS) is 16.5. The third-order valence-corrected chi connectivity index (χ3v) is 7.95. The van der Waals surface area contributed by atoms with Gasteiger partial charge in [0, 0.05) is 30.7 Å². The molecule has 3 heterocycles. The molecule has 6 rings (SSSR count). The number of aromatic nitrogens is 4. The molecule has 1 aliphatic carbocycles. The first-order valence-electron chi connectivity index (χ1n) is 13.3. The molecular formula is C30H28N8O3. The first-order chi connectivity index (χ1) is 19.8. The Balaban J connectivity index is 1.16. The van der Waals surface area contributed by atoms with E-state index in [0.29, 0.717) is 11.1 Å². The summed E-state index contributed by atoms with van der Waals surface area (Å²) in [4.78, 5) is 51.9. The van der Waals surface area contributed by atoms with Crippen LogP contribution in [0.15, 0.2) is 78.3 Å². The van der Waals surface area contributed by atoms with Crippen LogP contribution in [0.25, 0.3) is 11.1 Å². The van der Waals surface area contributed by atoms with Crippen molar-refractivity contribution < 1.29 is 14.4 Å². The Hall–Kier alpha value is -5.19. The highest BCUT2D eigenvalue weighted by Crippen LogP contribution is 2.47. The molecule has 2 aliphatic rings. The Morgan fingerprint density at radius 3 is 2.20 bits per heavy atom. The predicted molar refractivity (Wildman–Crippen MR) is 152 cm³/mol. The molecule has 4 aromatic rings. The molecule has 3 amide bonds. The molecule has 0 spiro atoms. The molecule has 41 heavy (non-hydrogen) atoms. The van der Waals surface area contributed by atoms with Crippen molar-refractivity contribution in [2.45, 2.75) is 31.7 Å². The zero-order valence-corrected chi connectivity index (χ0v) is 22.4. The highest BCUT2D eigenvalue weighted by atomic mass is 16.2. The van der Waals surface area contributed by atoms with Gasteiger partial charge < -0.3 is 11.5 Å². The molecule has 11 nitrogen and oxygen atoms in total. The van der Waals surface area contributed by atoms with E-state index < -0.39 is 11.3 Å². The Morgan fingerprint density at radius 2 is 1.59 bits per heavy atom. The molecule has 1 aliphatic heterocycles. The number of carbonyl (C=O) groups excluding carboxylic acids is 3. The van der Waals surface area contributed by atoms with Gasteiger partial charge in [-0.05, 0) is 48.9 Å². The first kappa shape index (κ1) is 26.1. The number of nitrogen functional groups attached to an aromatic ring is 1. The van der Waals surface area contributed by atoms with Crippen molar-refractivity contribution in [3.8, 4) is 11.1 Å². The lowest BCUT2D eigenvalue weighted by atomic mass is 9.76. The summed E-state index contributed by atoms with van der Waals surface area (Å²) in [5.74, 6) is -0.439. The third-order valence-electron chi connectivity index (χ3n) is 7.95. The number of anilines is 1. The Morgan fingerprint density at radius 1 is 0.951 bits per heavy atom. The zero-order valence-electron chi connectivity index (χ0n) is 22.4. The van der Waals surface area contributed by atoms with Gasteiger partial charge in [0.15, 0.2) is 0 Å². The van der Waals surface area contributed by atoms with E-state index in [4.69, 9.17) is 11.5 Å². The van der Waals surface area contributed by atoms with Crippen molar-refractivity contribution >= 4 is 29.5 Å². The van der Waals surface area contributed by atoms with Crippen LogP contribution in [-0.4, -0.2) is 54.8 Å². The van der Waals surface area contributed by atoms with Gasteiger partial charge in [0.1, 0.15) is 5.84 Å². The van der Waals surface area contributed by atoms with Crippen LogP contribution >= 0.6 is 0 Å². The highest BCUT2D eigenvalue weighted by molar-refractivity contribution is 6.21. The number of carbonyl (C=O) groups is 3. The van der Waals surface area contributed by atoms with Crippen LogP contribution in [0.4, 0.5) is 5.95 Å². The summed E-state index contributed by atoms with van der Waals surface area (Å²) in [6.45, 7) is 2.39. The van der Waals surface area contributed by atoms with Crippen LogP contribution in [0.2, 0.25) is 0 Å². The SMILES string of the molecule is CC(C(N)=NC(=O)c1cnn(CCN2C(=O)c3ccccc3C2=O)c1)(c1ccc(-c2cnc(N)nc2)cc1)C1CC1. The number of amidine groups is 1. The number of rotatable bonds is 8. The molecule has 2 aromatic carbocycles. The van der Waals surface area contributed by atoms with Crippen LogP contribution in [0.3, 0.4) is 0 Å². The molecule has 1 unspecified atom stereocenters. The third kappa shape index (κ3) is 4.75. The zero-order chi connectivity index (χ0) is 28.7. The lowest BCUT2D eigenvalue weighted by Crippen LogP contribution is -2.41. The minimum absolute atomic E-state index is 0.130. The van der Waals surface area contributed by atoms with Crippen molar-refractivity contribution in [1.82, 2.24) is 24.6 Å². The number of aliphatic imine (C=N–C) groups is 1. The quantitative estimate of drug-likeness (QED) is 0.193. The van der Waals surface area contributed by atoms with Crippen molar-refractivity contribution in [2.24, 2.45) is 16.6 Å². The summed E-state index contributed by atoms with van der Waals surface area (Å²) >= 11 is 0. The Labute approximate surface area is 235 Å². The topological polar surface area (TPSA) is 162 Å². The van der Waals surface area contributed by atoms with Crippen molar-refractivity contribution in [1.29, 1.82) is 0 Å². The number of benzene rings is 2. The van der Waals surface area contributed by atoms with Crippen molar-refractivity contribution in [3.05, 3.63) is 95.6 Å². The van der Waals surface area contributed by atoms with Crippen molar-refractivity contribution in [2.75, 3.05) is 12.3 Å². The molecule has 1 saturated carbocycles. The fourth-order valence-electron chi connectivity index (χ4n) is 5.28. The monoisotopic (exact) mass is 548 g/mol. The van der Waals surface area contributed by atoms with E-state index in [1.54, 1.807) is 42.9 Å². The average molecular weight is 549 g/mol. The number of fused-ring (bicyclic) bond motifs is 1. The van der Waals surface area contributed by atoms with E-state index in [-0.39, 0.29) is 48.2 Å². The molecule has 1 atom stereocenters. The minimum atomic E-state index is -0.618. The summed E-state index contributed by atoms with van der Waals surface area (Å²) in [6, 6.07) is 14.7. The summed E-state index contributed by atoms with van der Waals surface area (Å²) in [5.41, 5.74) is 15.3. The minimum Gasteiger partial charge on any atom is -0.386 e. The summed E-state index contributed by atoms with van der Waals surface area (Å²) in [7, 11) is 0. The van der Waals surface area contributed by atoms with E-state index in [1.165, 1.54) is 15.8 Å². The van der Waals surface area contributed by atoms with E-state index in [1.807, 2.05) is 31.2 Å². The molecule has 1 fully saturated rings. The lowest BCUT2D eigenvalue weighted by Gasteiger charge is -2.30. The predicted octanol–water partition coefficient (Wildman–Crippen LogP) is 3.08. The molecule has 2 aromatic heterocycles. The van der Waals surface area contributed by atoms with Gasteiger partial charge in [-0.1, -0.05) is 36.4 Å². The maximum atomic E-state index is 13.1. The molecule has 11 heteroatoms. The van der Waals surface area contributed by atoms with Crippen LogP contribution in [0.1, 0.15) is 56.4 Å². The second-order valence-electron chi connectivity index (χ2n) is 10.5. The second-order valence-corrected chi connectivity index (χ2v) is 10.5.